The molecule has 0 unspecified atom stereocenters. The second-order valence-corrected chi connectivity index (χ2v) is 7.98. The molecule has 0 aliphatic carbocycles. The number of rotatable bonds is 6. The number of hydrogen-bond acceptors (Lipinski definition) is 3. The maximum absolute atomic E-state index is 12.0. The highest BCUT2D eigenvalue weighted by molar-refractivity contribution is 7.90. The number of nitrogens with one attached hydrogen (secondary N) is 1. The van der Waals surface area contributed by atoms with Crippen molar-refractivity contribution in [1.29, 1.82) is 0 Å². The molecule has 0 spiro atoms. The predicted octanol–water partition coefficient (Wildman–Crippen LogP) is 2.48. The molecule has 1 aromatic rings. The minimum absolute atomic E-state index is 0.0914. The van der Waals surface area contributed by atoms with E-state index < -0.39 is 9.84 Å². The summed E-state index contributed by atoms with van der Waals surface area (Å²) < 4.78 is 22.9. The van der Waals surface area contributed by atoms with Gasteiger partial charge in [-0.15, -0.1) is 11.6 Å². The van der Waals surface area contributed by atoms with E-state index in [0.717, 1.165) is 12.7 Å². The second-order valence-electron chi connectivity index (χ2n) is 5.59. The zero-order valence-corrected chi connectivity index (χ0v) is 13.5. The summed E-state index contributed by atoms with van der Waals surface area (Å²) in [5, 5.41) is 2.81. The summed E-state index contributed by atoms with van der Waals surface area (Å²) in [6.45, 7) is 4.52. The summed E-state index contributed by atoms with van der Waals surface area (Å²) in [4.78, 5) is 12.2. The van der Waals surface area contributed by atoms with E-state index in [1.165, 1.54) is 12.1 Å². The molecule has 1 amide bonds. The van der Waals surface area contributed by atoms with Crippen molar-refractivity contribution < 1.29 is 13.2 Å². The molecule has 0 bridgehead atoms. The third-order valence-electron chi connectivity index (χ3n) is 3.02. The molecule has 1 N–H and O–H groups in total. The van der Waals surface area contributed by atoms with Gasteiger partial charge in [0.1, 0.15) is 0 Å². The van der Waals surface area contributed by atoms with Gasteiger partial charge in [0, 0.05) is 24.2 Å². The Balaban J connectivity index is 2.79. The molecule has 0 saturated heterocycles. The lowest BCUT2D eigenvalue weighted by atomic mass is 9.90. The van der Waals surface area contributed by atoms with Crippen molar-refractivity contribution in [2.24, 2.45) is 5.41 Å². The van der Waals surface area contributed by atoms with Gasteiger partial charge in [0.15, 0.2) is 9.84 Å². The van der Waals surface area contributed by atoms with Gasteiger partial charge in [-0.3, -0.25) is 4.79 Å². The maximum Gasteiger partial charge on any atom is 0.251 e. The first-order valence-electron chi connectivity index (χ1n) is 6.30. The van der Waals surface area contributed by atoms with E-state index in [2.05, 4.69) is 5.32 Å². The number of amides is 1. The minimum Gasteiger partial charge on any atom is -0.352 e. The van der Waals surface area contributed by atoms with Gasteiger partial charge in [-0.2, -0.15) is 0 Å². The fraction of sp³-hybridized carbons (Fsp3) is 0.500. The van der Waals surface area contributed by atoms with Crippen molar-refractivity contribution >= 4 is 27.3 Å². The van der Waals surface area contributed by atoms with E-state index in [4.69, 9.17) is 11.6 Å². The number of halogens is 1. The van der Waals surface area contributed by atoms with Gasteiger partial charge in [0.05, 0.1) is 4.90 Å². The SMILES string of the molecule is CC(C)(CCCl)CNC(=O)c1cccc(S(C)(=O)=O)c1. The van der Waals surface area contributed by atoms with Gasteiger partial charge in [-0.1, -0.05) is 19.9 Å². The Labute approximate surface area is 125 Å². The molecule has 0 fully saturated rings. The Kier molecular flexibility index (Phi) is 5.59. The molecule has 0 aliphatic heterocycles. The number of hydrogen-bond donors (Lipinski definition) is 1. The molecule has 4 nitrogen and oxygen atoms in total. The van der Waals surface area contributed by atoms with E-state index in [1.54, 1.807) is 12.1 Å². The third-order valence-corrected chi connectivity index (χ3v) is 4.32. The number of sulfone groups is 1. The van der Waals surface area contributed by atoms with Crippen LogP contribution in [-0.2, 0) is 9.84 Å². The average molecular weight is 318 g/mol. The third kappa shape index (κ3) is 5.13. The molecular weight excluding hydrogens is 298 g/mol. The first-order valence-corrected chi connectivity index (χ1v) is 8.73. The summed E-state index contributed by atoms with van der Waals surface area (Å²) in [5.74, 6) is 0.255. The normalized spacial score (nSPS) is 12.2. The van der Waals surface area contributed by atoms with E-state index in [-0.39, 0.29) is 16.2 Å². The number of carbonyl (C=O) groups is 1. The molecule has 112 valence electrons. The lowest BCUT2D eigenvalue weighted by Gasteiger charge is -2.23. The molecule has 0 aliphatic rings. The van der Waals surface area contributed by atoms with Crippen molar-refractivity contribution in [2.75, 3.05) is 18.7 Å². The van der Waals surface area contributed by atoms with Crippen molar-refractivity contribution in [3.05, 3.63) is 29.8 Å². The summed E-state index contributed by atoms with van der Waals surface area (Å²) in [7, 11) is -3.31. The van der Waals surface area contributed by atoms with Crippen molar-refractivity contribution in [3.63, 3.8) is 0 Å². The Hall–Kier alpha value is -1.07. The van der Waals surface area contributed by atoms with Crippen molar-refractivity contribution in [2.45, 2.75) is 25.2 Å². The fourth-order valence-electron chi connectivity index (χ4n) is 1.63. The van der Waals surface area contributed by atoms with E-state index >= 15 is 0 Å². The quantitative estimate of drug-likeness (QED) is 0.820. The van der Waals surface area contributed by atoms with E-state index in [9.17, 15) is 13.2 Å². The summed E-state index contributed by atoms with van der Waals surface area (Å²) >= 11 is 5.71. The maximum atomic E-state index is 12.0. The molecular formula is C14H20ClNO3S. The van der Waals surface area contributed by atoms with Crippen LogP contribution in [0.1, 0.15) is 30.6 Å². The monoisotopic (exact) mass is 317 g/mol. The lowest BCUT2D eigenvalue weighted by molar-refractivity contribution is 0.0935. The minimum atomic E-state index is -3.31. The van der Waals surface area contributed by atoms with E-state index in [0.29, 0.717) is 18.0 Å². The first kappa shape index (κ1) is 17.0. The van der Waals surface area contributed by atoms with Crippen LogP contribution in [0, 0.1) is 5.41 Å². The van der Waals surface area contributed by atoms with Crippen LogP contribution in [0.5, 0.6) is 0 Å². The lowest BCUT2D eigenvalue weighted by Crippen LogP contribution is -2.34. The molecule has 0 atom stereocenters. The molecule has 6 heteroatoms. The smallest absolute Gasteiger partial charge is 0.251 e. The highest BCUT2D eigenvalue weighted by atomic mass is 35.5. The van der Waals surface area contributed by atoms with Crippen LogP contribution in [0.25, 0.3) is 0 Å². The molecule has 0 heterocycles. The van der Waals surface area contributed by atoms with Crippen LogP contribution in [0.4, 0.5) is 0 Å². The van der Waals surface area contributed by atoms with Crippen LogP contribution >= 0.6 is 11.6 Å². The topological polar surface area (TPSA) is 63.2 Å². The Morgan fingerprint density at radius 1 is 1.35 bits per heavy atom. The zero-order valence-electron chi connectivity index (χ0n) is 11.9. The second kappa shape index (κ2) is 6.59. The molecule has 1 rings (SSSR count). The van der Waals surface area contributed by atoms with Gasteiger partial charge in [-0.05, 0) is 30.0 Å². The van der Waals surface area contributed by atoms with Crippen LogP contribution in [0.15, 0.2) is 29.2 Å². The van der Waals surface area contributed by atoms with Gasteiger partial charge in [0.2, 0.25) is 0 Å². The van der Waals surface area contributed by atoms with Crippen LogP contribution in [-0.4, -0.2) is 33.0 Å². The molecule has 0 aromatic heterocycles. The summed E-state index contributed by atoms with van der Waals surface area (Å²) in [5.41, 5.74) is 0.251. The number of carbonyl (C=O) groups excluding carboxylic acids is 1. The van der Waals surface area contributed by atoms with Gasteiger partial charge in [0.25, 0.3) is 5.91 Å². The summed E-state index contributed by atoms with van der Waals surface area (Å²) in [6.07, 6.45) is 1.91. The van der Waals surface area contributed by atoms with Crippen molar-refractivity contribution in [1.82, 2.24) is 5.32 Å². The highest BCUT2D eigenvalue weighted by Gasteiger charge is 2.19. The van der Waals surface area contributed by atoms with Gasteiger partial charge in [-0.25, -0.2) is 8.42 Å². The predicted molar refractivity (Wildman–Crippen MR) is 81.0 cm³/mol. The van der Waals surface area contributed by atoms with Crippen molar-refractivity contribution in [3.8, 4) is 0 Å². The molecule has 0 radical (unpaired) electrons. The standard InChI is InChI=1S/C14H20ClNO3S/c1-14(2,7-8-15)10-16-13(17)11-5-4-6-12(9-11)20(3,18)19/h4-6,9H,7-8,10H2,1-3H3,(H,16,17). The van der Waals surface area contributed by atoms with E-state index in [1.807, 2.05) is 13.8 Å². The number of alkyl halides is 1. The molecule has 0 saturated carbocycles. The first-order chi connectivity index (χ1) is 9.15. The van der Waals surface area contributed by atoms with Crippen LogP contribution in [0.3, 0.4) is 0 Å². The van der Waals surface area contributed by atoms with Gasteiger partial charge >= 0.3 is 0 Å². The Morgan fingerprint density at radius 2 is 2.00 bits per heavy atom. The Bertz CT molecular complexity index is 582. The number of benzene rings is 1. The highest BCUT2D eigenvalue weighted by Crippen LogP contribution is 2.20. The fourth-order valence-corrected chi connectivity index (χ4v) is 2.81. The Morgan fingerprint density at radius 3 is 2.55 bits per heavy atom. The zero-order chi connectivity index (χ0) is 15.4. The van der Waals surface area contributed by atoms with Gasteiger partial charge < -0.3 is 5.32 Å². The van der Waals surface area contributed by atoms with Crippen LogP contribution < -0.4 is 5.32 Å². The molecule has 1 aromatic carbocycles. The largest absolute Gasteiger partial charge is 0.352 e. The van der Waals surface area contributed by atoms with Crippen LogP contribution in [0.2, 0.25) is 0 Å². The molecule has 20 heavy (non-hydrogen) atoms. The summed E-state index contributed by atoms with van der Waals surface area (Å²) in [6, 6.07) is 6.02. The average Bonchev–Trinajstić information content (AvgIpc) is 2.35.